The van der Waals surface area contributed by atoms with Gasteiger partial charge in [-0.05, 0) is 29.8 Å². The van der Waals surface area contributed by atoms with E-state index < -0.39 is 6.03 Å². The highest BCUT2D eigenvalue weighted by atomic mass is 32.2. The highest BCUT2D eigenvalue weighted by Gasteiger charge is 2.29. The molecular weight excluding hydrogens is 422 g/mol. The van der Waals surface area contributed by atoms with Crippen LogP contribution in [0, 0.1) is 0 Å². The molecule has 0 bridgehead atoms. The Hall–Kier alpha value is -3.40. The van der Waals surface area contributed by atoms with Gasteiger partial charge in [0.1, 0.15) is 0 Å². The second-order valence-corrected chi connectivity index (χ2v) is 7.46. The van der Waals surface area contributed by atoms with Crippen LogP contribution in [0.1, 0.15) is 11.1 Å². The lowest BCUT2D eigenvalue weighted by molar-refractivity contribution is -0.125. The van der Waals surface area contributed by atoms with Crippen LogP contribution in [0.15, 0.2) is 36.4 Å². The van der Waals surface area contributed by atoms with E-state index in [9.17, 15) is 14.4 Å². The van der Waals surface area contributed by atoms with Crippen LogP contribution in [-0.2, 0) is 17.9 Å². The molecule has 0 atom stereocenters. The Morgan fingerprint density at radius 2 is 1.71 bits per heavy atom. The first-order valence-corrected chi connectivity index (χ1v) is 10.3. The fourth-order valence-electron chi connectivity index (χ4n) is 3.06. The van der Waals surface area contributed by atoms with Crippen molar-refractivity contribution < 1.29 is 28.6 Å². The van der Waals surface area contributed by atoms with Crippen LogP contribution in [-0.4, -0.2) is 49.2 Å². The van der Waals surface area contributed by atoms with Gasteiger partial charge in [-0.15, -0.1) is 0 Å². The summed E-state index contributed by atoms with van der Waals surface area (Å²) in [4.78, 5) is 36.9. The van der Waals surface area contributed by atoms with Gasteiger partial charge >= 0.3 is 6.03 Å². The van der Waals surface area contributed by atoms with Crippen LogP contribution in [0.25, 0.3) is 0 Å². The lowest BCUT2D eigenvalue weighted by atomic mass is 10.1. The quantitative estimate of drug-likeness (QED) is 0.643. The topological polar surface area (TPSA) is 106 Å². The molecule has 3 rings (SSSR count). The van der Waals surface area contributed by atoms with Gasteiger partial charge in [-0.3, -0.25) is 14.5 Å². The van der Waals surface area contributed by atoms with Crippen LogP contribution in [0.2, 0.25) is 0 Å². The number of carbonyl (C=O) groups is 3. The van der Waals surface area contributed by atoms with E-state index in [0.717, 1.165) is 22.9 Å². The van der Waals surface area contributed by atoms with Gasteiger partial charge in [0.25, 0.3) is 5.24 Å². The molecule has 0 aromatic heterocycles. The summed E-state index contributed by atoms with van der Waals surface area (Å²) in [5.74, 6) is 1.46. The molecule has 0 unspecified atom stereocenters. The number of hydrogen-bond donors (Lipinski definition) is 2. The molecule has 0 spiro atoms. The van der Waals surface area contributed by atoms with Crippen molar-refractivity contribution in [2.24, 2.45) is 0 Å². The first-order chi connectivity index (χ1) is 15.0. The highest BCUT2D eigenvalue weighted by molar-refractivity contribution is 8.14. The van der Waals surface area contributed by atoms with Crippen LogP contribution >= 0.6 is 11.8 Å². The molecule has 1 heterocycles. The maximum Gasteiger partial charge on any atom is 0.319 e. The normalized spacial score (nSPS) is 13.2. The molecule has 0 aliphatic carbocycles. The summed E-state index contributed by atoms with van der Waals surface area (Å²) in [7, 11) is 4.57. The Labute approximate surface area is 184 Å². The van der Waals surface area contributed by atoms with Gasteiger partial charge in [0.05, 0.1) is 33.6 Å². The van der Waals surface area contributed by atoms with Crippen molar-refractivity contribution in [3.8, 4) is 17.2 Å². The van der Waals surface area contributed by atoms with Crippen LogP contribution < -0.4 is 24.8 Å². The summed E-state index contributed by atoms with van der Waals surface area (Å²) >= 11 is 1.00. The summed E-state index contributed by atoms with van der Waals surface area (Å²) in [5.41, 5.74) is 2.10. The zero-order valence-electron chi connectivity index (χ0n) is 17.4. The standard InChI is InChI=1S/C21H23N3O6S/c1-28-16-9-6-14(18(29-2)19(16)30-3)10-22-20(26)23-15-7-4-13(5-8-15)11-24-17(25)12-31-21(24)27/h4-9H,10-12H2,1-3H3,(H2,22,23,26). The minimum atomic E-state index is -0.397. The zero-order valence-corrected chi connectivity index (χ0v) is 18.2. The maximum absolute atomic E-state index is 12.3. The van der Waals surface area contributed by atoms with E-state index in [-0.39, 0.29) is 30.0 Å². The van der Waals surface area contributed by atoms with Crippen molar-refractivity contribution in [3.63, 3.8) is 0 Å². The fraction of sp³-hybridized carbons (Fsp3) is 0.286. The number of benzene rings is 2. The number of carbonyl (C=O) groups excluding carboxylic acids is 3. The van der Waals surface area contributed by atoms with Crippen molar-refractivity contribution in [2.45, 2.75) is 13.1 Å². The predicted octanol–water partition coefficient (Wildman–Crippen LogP) is 3.23. The van der Waals surface area contributed by atoms with Crippen molar-refractivity contribution in [1.82, 2.24) is 10.2 Å². The van der Waals surface area contributed by atoms with E-state index in [2.05, 4.69) is 10.6 Å². The number of amides is 4. The molecular formula is C21H23N3O6S. The number of urea groups is 1. The number of nitrogens with one attached hydrogen (secondary N) is 2. The molecule has 2 aromatic rings. The summed E-state index contributed by atoms with van der Waals surface area (Å²) in [6.07, 6.45) is 0. The third-order valence-electron chi connectivity index (χ3n) is 4.62. The van der Waals surface area contributed by atoms with Gasteiger partial charge in [0.15, 0.2) is 11.5 Å². The van der Waals surface area contributed by atoms with Gasteiger partial charge in [0.2, 0.25) is 11.7 Å². The summed E-state index contributed by atoms with van der Waals surface area (Å²) in [6, 6.07) is 10.1. The lowest BCUT2D eigenvalue weighted by Crippen LogP contribution is -2.28. The molecule has 1 aliphatic heterocycles. The Balaban J connectivity index is 1.58. The van der Waals surface area contributed by atoms with E-state index in [0.29, 0.717) is 22.9 Å². The van der Waals surface area contributed by atoms with E-state index >= 15 is 0 Å². The molecule has 1 saturated heterocycles. The SMILES string of the molecule is COc1ccc(CNC(=O)Nc2ccc(CN3C(=O)CSC3=O)cc2)c(OC)c1OC. The van der Waals surface area contributed by atoms with Crippen LogP contribution in [0.3, 0.4) is 0 Å². The third-order valence-corrected chi connectivity index (χ3v) is 5.48. The second-order valence-electron chi connectivity index (χ2n) is 6.53. The number of thioether (sulfide) groups is 1. The number of rotatable bonds is 8. The maximum atomic E-state index is 12.3. The number of ether oxygens (including phenoxy) is 3. The Morgan fingerprint density at radius 3 is 2.29 bits per heavy atom. The summed E-state index contributed by atoms with van der Waals surface area (Å²) < 4.78 is 16.0. The monoisotopic (exact) mass is 445 g/mol. The second kappa shape index (κ2) is 10.1. The number of nitrogens with zero attached hydrogens (tertiary/aromatic N) is 1. The molecule has 1 fully saturated rings. The largest absolute Gasteiger partial charge is 0.493 e. The summed E-state index contributed by atoms with van der Waals surface area (Å²) in [5, 5.41) is 5.27. The average Bonchev–Trinajstić information content (AvgIpc) is 3.10. The van der Waals surface area contributed by atoms with Crippen molar-refractivity contribution in [1.29, 1.82) is 0 Å². The zero-order chi connectivity index (χ0) is 22.4. The first kappa shape index (κ1) is 22.3. The molecule has 164 valence electrons. The molecule has 10 heteroatoms. The van der Waals surface area contributed by atoms with Crippen molar-refractivity contribution in [3.05, 3.63) is 47.5 Å². The Kier molecular flexibility index (Phi) is 7.24. The van der Waals surface area contributed by atoms with Crippen molar-refractivity contribution in [2.75, 3.05) is 32.4 Å². The number of hydrogen-bond acceptors (Lipinski definition) is 7. The van der Waals surface area contributed by atoms with Gasteiger partial charge in [-0.25, -0.2) is 4.79 Å². The van der Waals surface area contributed by atoms with Gasteiger partial charge in [0, 0.05) is 17.8 Å². The van der Waals surface area contributed by atoms with E-state index in [1.807, 2.05) is 0 Å². The van der Waals surface area contributed by atoms with E-state index in [1.165, 1.54) is 26.2 Å². The molecule has 2 aromatic carbocycles. The fourth-order valence-corrected chi connectivity index (χ4v) is 3.79. The molecule has 31 heavy (non-hydrogen) atoms. The third kappa shape index (κ3) is 5.21. The summed E-state index contributed by atoms with van der Waals surface area (Å²) in [6.45, 7) is 0.431. The molecule has 4 amide bonds. The van der Waals surface area contributed by atoms with E-state index in [1.54, 1.807) is 36.4 Å². The van der Waals surface area contributed by atoms with Crippen LogP contribution in [0.4, 0.5) is 15.3 Å². The molecule has 0 radical (unpaired) electrons. The smallest absolute Gasteiger partial charge is 0.319 e. The van der Waals surface area contributed by atoms with E-state index in [4.69, 9.17) is 14.2 Å². The molecule has 0 saturated carbocycles. The number of imide groups is 1. The van der Waals surface area contributed by atoms with Gasteiger partial charge < -0.3 is 24.8 Å². The van der Waals surface area contributed by atoms with Crippen molar-refractivity contribution >= 4 is 34.6 Å². The minimum Gasteiger partial charge on any atom is -0.493 e. The Morgan fingerprint density at radius 1 is 1.00 bits per heavy atom. The lowest BCUT2D eigenvalue weighted by Gasteiger charge is -2.16. The minimum absolute atomic E-state index is 0.184. The predicted molar refractivity (Wildman–Crippen MR) is 117 cm³/mol. The molecule has 9 nitrogen and oxygen atoms in total. The van der Waals surface area contributed by atoms with Crippen LogP contribution in [0.5, 0.6) is 17.2 Å². The molecule has 2 N–H and O–H groups in total. The number of methoxy groups -OCH3 is 3. The van der Waals surface area contributed by atoms with Gasteiger partial charge in [-0.1, -0.05) is 23.9 Å². The number of anilines is 1. The average molecular weight is 445 g/mol. The Bertz CT molecular complexity index is 964. The van der Waals surface area contributed by atoms with Gasteiger partial charge in [-0.2, -0.15) is 0 Å². The molecule has 1 aliphatic rings. The highest BCUT2D eigenvalue weighted by Crippen LogP contribution is 2.39. The first-order valence-electron chi connectivity index (χ1n) is 9.35.